The summed E-state index contributed by atoms with van der Waals surface area (Å²) in [6, 6.07) is 0. The van der Waals surface area contributed by atoms with Gasteiger partial charge in [-0.3, -0.25) is 0 Å². The number of allylic oxidation sites excluding steroid dienone is 2. The van der Waals surface area contributed by atoms with Gasteiger partial charge in [0.1, 0.15) is 0 Å². The fraction of sp³-hybridized carbons (Fsp3) is 0.636. The minimum atomic E-state index is 0.455. The third kappa shape index (κ3) is 2.21. The number of rotatable bonds is 0. The van der Waals surface area contributed by atoms with Gasteiger partial charge in [-0.15, -0.1) is 0 Å². The summed E-state index contributed by atoms with van der Waals surface area (Å²) >= 11 is 0. The van der Waals surface area contributed by atoms with E-state index < -0.39 is 0 Å². The highest BCUT2D eigenvalue weighted by molar-refractivity contribution is 5.27. The first-order valence-electron chi connectivity index (χ1n) is 4.37. The van der Waals surface area contributed by atoms with Gasteiger partial charge in [-0.05, 0) is 31.1 Å². The second-order valence-electron chi connectivity index (χ2n) is 4.40. The molecule has 0 aromatic rings. The van der Waals surface area contributed by atoms with Gasteiger partial charge in [0, 0.05) is 0 Å². The molecule has 0 aromatic heterocycles. The average Bonchev–Trinajstić information content (AvgIpc) is 1.93. The van der Waals surface area contributed by atoms with Gasteiger partial charge in [0.2, 0.25) is 0 Å². The molecule has 0 aliphatic heterocycles. The Hall–Kier alpha value is -0.520. The first-order valence-corrected chi connectivity index (χ1v) is 4.37. The van der Waals surface area contributed by atoms with Gasteiger partial charge < -0.3 is 0 Å². The Morgan fingerprint density at radius 1 is 1.18 bits per heavy atom. The van der Waals surface area contributed by atoms with Crippen molar-refractivity contribution in [1.82, 2.24) is 0 Å². The van der Waals surface area contributed by atoms with Crippen molar-refractivity contribution < 1.29 is 0 Å². The van der Waals surface area contributed by atoms with Crippen molar-refractivity contribution in [3.8, 4) is 0 Å². The van der Waals surface area contributed by atoms with Gasteiger partial charge in [-0.25, -0.2) is 0 Å². The van der Waals surface area contributed by atoms with E-state index in [9.17, 15) is 0 Å². The second-order valence-corrected chi connectivity index (χ2v) is 4.40. The minimum absolute atomic E-state index is 0.455. The van der Waals surface area contributed by atoms with Crippen molar-refractivity contribution in [3.63, 3.8) is 0 Å². The van der Waals surface area contributed by atoms with Crippen LogP contribution in [0.25, 0.3) is 0 Å². The minimum Gasteiger partial charge on any atom is -0.0956 e. The quantitative estimate of drug-likeness (QED) is 0.462. The van der Waals surface area contributed by atoms with Crippen molar-refractivity contribution >= 4 is 0 Å². The lowest BCUT2D eigenvalue weighted by Crippen LogP contribution is -2.09. The molecule has 0 heterocycles. The standard InChI is InChI=1S/C11H18/c1-9-6-5-7-11(3,4)8-10(9)2/h1-2,5-8H2,3-4H3. The lowest BCUT2D eigenvalue weighted by atomic mass is 9.84. The zero-order valence-corrected chi connectivity index (χ0v) is 7.74. The predicted octanol–water partition coefficient (Wildman–Crippen LogP) is 3.70. The zero-order valence-electron chi connectivity index (χ0n) is 7.74. The molecule has 1 rings (SSSR count). The lowest BCUT2D eigenvalue weighted by molar-refractivity contribution is 0.336. The van der Waals surface area contributed by atoms with Crippen molar-refractivity contribution in [2.45, 2.75) is 39.5 Å². The van der Waals surface area contributed by atoms with E-state index in [1.54, 1.807) is 0 Å². The molecular weight excluding hydrogens is 132 g/mol. The van der Waals surface area contributed by atoms with Crippen LogP contribution in [0, 0.1) is 5.41 Å². The Labute approximate surface area is 70.0 Å². The molecule has 0 spiro atoms. The Bertz CT molecular complexity index is 184. The maximum Gasteiger partial charge on any atom is -0.0231 e. The third-order valence-corrected chi connectivity index (χ3v) is 2.52. The van der Waals surface area contributed by atoms with Crippen LogP contribution < -0.4 is 0 Å². The van der Waals surface area contributed by atoms with Gasteiger partial charge in [-0.1, -0.05) is 38.2 Å². The number of hydrogen-bond donors (Lipinski definition) is 0. The first kappa shape index (κ1) is 8.58. The normalized spacial score (nSPS) is 24.9. The van der Waals surface area contributed by atoms with Gasteiger partial charge in [-0.2, -0.15) is 0 Å². The molecule has 0 atom stereocenters. The smallest absolute Gasteiger partial charge is 0.0231 e. The van der Waals surface area contributed by atoms with Crippen LogP contribution in [0.2, 0.25) is 0 Å². The van der Waals surface area contributed by atoms with E-state index >= 15 is 0 Å². The summed E-state index contributed by atoms with van der Waals surface area (Å²) in [4.78, 5) is 0. The molecule has 0 saturated heterocycles. The van der Waals surface area contributed by atoms with Crippen LogP contribution in [0.5, 0.6) is 0 Å². The summed E-state index contributed by atoms with van der Waals surface area (Å²) in [6.07, 6.45) is 4.88. The predicted molar refractivity (Wildman–Crippen MR) is 50.5 cm³/mol. The van der Waals surface area contributed by atoms with Gasteiger partial charge in [0.25, 0.3) is 0 Å². The molecule has 0 radical (unpaired) electrons. The summed E-state index contributed by atoms with van der Waals surface area (Å²) in [7, 11) is 0. The second kappa shape index (κ2) is 2.84. The van der Waals surface area contributed by atoms with Crippen molar-refractivity contribution in [1.29, 1.82) is 0 Å². The van der Waals surface area contributed by atoms with E-state index in [0.717, 1.165) is 12.8 Å². The molecule has 0 unspecified atom stereocenters. The largest absolute Gasteiger partial charge is 0.0956 e. The van der Waals surface area contributed by atoms with Crippen molar-refractivity contribution in [3.05, 3.63) is 24.3 Å². The SMILES string of the molecule is C=C1CCCC(C)(C)CC1=C. The third-order valence-electron chi connectivity index (χ3n) is 2.52. The zero-order chi connectivity index (χ0) is 8.48. The molecule has 0 aromatic carbocycles. The van der Waals surface area contributed by atoms with E-state index in [-0.39, 0.29) is 0 Å². The summed E-state index contributed by atoms with van der Waals surface area (Å²) in [5, 5.41) is 0. The van der Waals surface area contributed by atoms with E-state index in [0.29, 0.717) is 5.41 Å². The molecule has 0 bridgehead atoms. The highest BCUT2D eigenvalue weighted by atomic mass is 14.3. The van der Waals surface area contributed by atoms with Gasteiger partial charge >= 0.3 is 0 Å². The van der Waals surface area contributed by atoms with Crippen LogP contribution >= 0.6 is 0 Å². The average molecular weight is 150 g/mol. The monoisotopic (exact) mass is 150 g/mol. The summed E-state index contributed by atoms with van der Waals surface area (Å²) in [6.45, 7) is 12.7. The van der Waals surface area contributed by atoms with Crippen molar-refractivity contribution in [2.75, 3.05) is 0 Å². The maximum atomic E-state index is 4.05. The van der Waals surface area contributed by atoms with Crippen LogP contribution in [-0.2, 0) is 0 Å². The first-order chi connectivity index (χ1) is 5.01. The van der Waals surface area contributed by atoms with E-state index in [2.05, 4.69) is 27.0 Å². The fourth-order valence-electron chi connectivity index (χ4n) is 1.75. The molecule has 1 aliphatic rings. The maximum absolute atomic E-state index is 4.05. The molecule has 0 nitrogen and oxygen atoms in total. The summed E-state index contributed by atoms with van der Waals surface area (Å²) in [5.41, 5.74) is 3.00. The summed E-state index contributed by atoms with van der Waals surface area (Å²) < 4.78 is 0. The Morgan fingerprint density at radius 3 is 2.45 bits per heavy atom. The van der Waals surface area contributed by atoms with Crippen LogP contribution in [0.1, 0.15) is 39.5 Å². The van der Waals surface area contributed by atoms with E-state index in [1.165, 1.54) is 24.0 Å². The molecule has 0 N–H and O–H groups in total. The van der Waals surface area contributed by atoms with Gasteiger partial charge in [0.05, 0.1) is 0 Å². The Kier molecular flexibility index (Phi) is 2.22. The van der Waals surface area contributed by atoms with Gasteiger partial charge in [0.15, 0.2) is 0 Å². The number of hydrogen-bond acceptors (Lipinski definition) is 0. The molecule has 1 saturated carbocycles. The van der Waals surface area contributed by atoms with E-state index in [4.69, 9.17) is 0 Å². The lowest BCUT2D eigenvalue weighted by Gasteiger charge is -2.22. The molecule has 62 valence electrons. The molecule has 0 heteroatoms. The summed E-state index contributed by atoms with van der Waals surface area (Å²) in [5.74, 6) is 0. The molecule has 1 fully saturated rings. The van der Waals surface area contributed by atoms with Crippen molar-refractivity contribution in [2.24, 2.45) is 5.41 Å². The molecule has 1 aliphatic carbocycles. The van der Waals surface area contributed by atoms with Crippen LogP contribution in [0.4, 0.5) is 0 Å². The highest BCUT2D eigenvalue weighted by Gasteiger charge is 2.22. The molecule has 11 heavy (non-hydrogen) atoms. The van der Waals surface area contributed by atoms with E-state index in [1.807, 2.05) is 0 Å². The van der Waals surface area contributed by atoms with Crippen LogP contribution in [-0.4, -0.2) is 0 Å². The molecule has 0 amide bonds. The fourth-order valence-corrected chi connectivity index (χ4v) is 1.75. The highest BCUT2D eigenvalue weighted by Crippen LogP contribution is 2.37. The Balaban J connectivity index is 2.70. The Morgan fingerprint density at radius 2 is 1.82 bits per heavy atom. The molecular formula is C11H18. The van der Waals surface area contributed by atoms with Crippen LogP contribution in [0.15, 0.2) is 24.3 Å². The topological polar surface area (TPSA) is 0 Å². The van der Waals surface area contributed by atoms with Crippen LogP contribution in [0.3, 0.4) is 0 Å².